The van der Waals surface area contributed by atoms with Gasteiger partial charge in [-0.25, -0.2) is 5.01 Å². The van der Waals surface area contributed by atoms with E-state index in [2.05, 4.69) is 66.4 Å². The SMILES string of the molecule is CC1CCN(CC(=O)N2N=C3/C(=C/c4ccccc4)CCCC3C2c2ccccc2)CC1. The zero-order chi connectivity index (χ0) is 21.9. The maximum atomic E-state index is 13.5. The summed E-state index contributed by atoms with van der Waals surface area (Å²) in [7, 11) is 0. The van der Waals surface area contributed by atoms with Crippen LogP contribution in [0.2, 0.25) is 0 Å². The molecule has 2 aliphatic heterocycles. The van der Waals surface area contributed by atoms with Gasteiger partial charge in [0.05, 0.1) is 18.3 Å². The first kappa shape index (κ1) is 21.1. The third-order valence-corrected chi connectivity index (χ3v) is 7.27. The van der Waals surface area contributed by atoms with Gasteiger partial charge in [-0.3, -0.25) is 9.69 Å². The van der Waals surface area contributed by atoms with Crippen molar-refractivity contribution in [2.45, 2.75) is 45.1 Å². The van der Waals surface area contributed by atoms with E-state index in [9.17, 15) is 4.79 Å². The maximum absolute atomic E-state index is 13.5. The van der Waals surface area contributed by atoms with E-state index in [-0.39, 0.29) is 17.9 Å². The van der Waals surface area contributed by atoms with Crippen LogP contribution in [0.15, 0.2) is 71.3 Å². The Bertz CT molecular complexity index is 990. The molecule has 2 atom stereocenters. The van der Waals surface area contributed by atoms with Gasteiger partial charge in [0.15, 0.2) is 0 Å². The number of likely N-dealkylation sites (tertiary alicyclic amines) is 1. The first-order valence-corrected chi connectivity index (χ1v) is 12.1. The van der Waals surface area contributed by atoms with Gasteiger partial charge in [-0.05, 0) is 73.9 Å². The van der Waals surface area contributed by atoms with E-state index in [1.165, 1.54) is 29.5 Å². The monoisotopic (exact) mass is 427 g/mol. The van der Waals surface area contributed by atoms with Gasteiger partial charge in [-0.1, -0.05) is 67.6 Å². The molecule has 1 saturated carbocycles. The van der Waals surface area contributed by atoms with Gasteiger partial charge in [0.2, 0.25) is 0 Å². The number of hydrogen-bond acceptors (Lipinski definition) is 3. The van der Waals surface area contributed by atoms with Crippen molar-refractivity contribution in [3.63, 3.8) is 0 Å². The van der Waals surface area contributed by atoms with Crippen molar-refractivity contribution >= 4 is 17.7 Å². The molecule has 0 radical (unpaired) electrons. The first-order chi connectivity index (χ1) is 15.7. The van der Waals surface area contributed by atoms with Crippen molar-refractivity contribution in [1.29, 1.82) is 0 Å². The average molecular weight is 428 g/mol. The number of allylic oxidation sites excluding steroid dienone is 1. The third kappa shape index (κ3) is 4.42. The molecule has 32 heavy (non-hydrogen) atoms. The van der Waals surface area contributed by atoms with Crippen LogP contribution in [0.1, 0.15) is 56.2 Å². The van der Waals surface area contributed by atoms with Crippen molar-refractivity contribution in [2.24, 2.45) is 16.9 Å². The smallest absolute Gasteiger partial charge is 0.257 e. The molecule has 0 spiro atoms. The Labute approximate surface area is 191 Å². The van der Waals surface area contributed by atoms with Crippen LogP contribution >= 0.6 is 0 Å². The molecule has 0 bridgehead atoms. The quantitative estimate of drug-likeness (QED) is 0.642. The van der Waals surface area contributed by atoms with Crippen molar-refractivity contribution in [3.8, 4) is 0 Å². The van der Waals surface area contributed by atoms with E-state index in [0.29, 0.717) is 6.54 Å². The second-order valence-electron chi connectivity index (χ2n) is 9.62. The van der Waals surface area contributed by atoms with Crippen molar-refractivity contribution in [2.75, 3.05) is 19.6 Å². The van der Waals surface area contributed by atoms with Crippen LogP contribution in [-0.2, 0) is 4.79 Å². The lowest BCUT2D eigenvalue weighted by molar-refractivity contribution is -0.135. The fourth-order valence-electron chi connectivity index (χ4n) is 5.42. The number of carbonyl (C=O) groups excluding carboxylic acids is 1. The minimum Gasteiger partial charge on any atom is -0.294 e. The molecular weight excluding hydrogens is 394 g/mol. The van der Waals surface area contributed by atoms with Crippen LogP contribution in [-0.4, -0.2) is 41.2 Å². The number of fused-ring (bicyclic) bond motifs is 1. The topological polar surface area (TPSA) is 35.9 Å². The number of hydrazone groups is 1. The number of amides is 1. The van der Waals surface area contributed by atoms with Crippen LogP contribution in [0.5, 0.6) is 0 Å². The minimum absolute atomic E-state index is 0.00175. The summed E-state index contributed by atoms with van der Waals surface area (Å²) < 4.78 is 0. The van der Waals surface area contributed by atoms with Gasteiger partial charge >= 0.3 is 0 Å². The van der Waals surface area contributed by atoms with Crippen LogP contribution in [0, 0.1) is 11.8 Å². The molecule has 3 aliphatic rings. The van der Waals surface area contributed by atoms with Gasteiger partial charge in [-0.2, -0.15) is 5.10 Å². The number of benzene rings is 2. The maximum Gasteiger partial charge on any atom is 0.257 e. The van der Waals surface area contributed by atoms with Crippen LogP contribution in [0.3, 0.4) is 0 Å². The molecule has 2 unspecified atom stereocenters. The Kier molecular flexibility index (Phi) is 6.22. The number of rotatable bonds is 4. The molecule has 5 rings (SSSR count). The van der Waals surface area contributed by atoms with E-state index < -0.39 is 0 Å². The van der Waals surface area contributed by atoms with Crippen LogP contribution < -0.4 is 0 Å². The summed E-state index contributed by atoms with van der Waals surface area (Å²) in [5, 5.41) is 6.86. The molecule has 2 aromatic rings. The lowest BCUT2D eigenvalue weighted by atomic mass is 9.77. The van der Waals surface area contributed by atoms with E-state index in [1.54, 1.807) is 0 Å². The zero-order valence-electron chi connectivity index (χ0n) is 19.0. The largest absolute Gasteiger partial charge is 0.294 e. The van der Waals surface area contributed by atoms with Gasteiger partial charge in [-0.15, -0.1) is 0 Å². The van der Waals surface area contributed by atoms with Gasteiger partial charge in [0, 0.05) is 5.92 Å². The molecule has 2 aromatic carbocycles. The lowest BCUT2D eigenvalue weighted by Gasteiger charge is -2.33. The van der Waals surface area contributed by atoms with Gasteiger partial charge in [0.25, 0.3) is 5.91 Å². The number of carbonyl (C=O) groups is 1. The van der Waals surface area contributed by atoms with E-state index in [4.69, 9.17) is 5.10 Å². The first-order valence-electron chi connectivity index (χ1n) is 12.1. The van der Waals surface area contributed by atoms with Crippen LogP contribution in [0.4, 0.5) is 0 Å². The fraction of sp³-hybridized carbons (Fsp3) is 0.429. The van der Waals surface area contributed by atoms with E-state index >= 15 is 0 Å². The number of hydrogen-bond donors (Lipinski definition) is 0. The molecule has 2 fully saturated rings. The molecule has 4 heteroatoms. The molecule has 1 saturated heterocycles. The molecule has 2 heterocycles. The summed E-state index contributed by atoms with van der Waals surface area (Å²) in [6.07, 6.45) is 7.87. The van der Waals surface area contributed by atoms with Gasteiger partial charge < -0.3 is 0 Å². The molecule has 0 N–H and O–H groups in total. The Morgan fingerprint density at radius 3 is 2.41 bits per heavy atom. The standard InChI is InChI=1S/C28H33N3O/c1-21-15-17-30(18-16-21)20-26(32)31-28(23-11-6-3-7-12-23)25-14-8-13-24(27(25)29-31)19-22-9-4-2-5-10-22/h2-7,9-12,19,21,25,28H,8,13-18,20H2,1H3/b24-19+. The predicted molar refractivity (Wildman–Crippen MR) is 130 cm³/mol. The summed E-state index contributed by atoms with van der Waals surface area (Å²) in [6, 6.07) is 21.0. The Balaban J connectivity index is 1.45. The molecule has 166 valence electrons. The summed E-state index contributed by atoms with van der Waals surface area (Å²) in [5.41, 5.74) is 4.80. The predicted octanol–water partition coefficient (Wildman–Crippen LogP) is 5.54. The number of piperidine rings is 1. The molecule has 0 aromatic heterocycles. The van der Waals surface area contributed by atoms with Gasteiger partial charge in [0.1, 0.15) is 0 Å². The van der Waals surface area contributed by atoms with Crippen molar-refractivity contribution in [1.82, 2.24) is 9.91 Å². The fourth-order valence-corrected chi connectivity index (χ4v) is 5.42. The van der Waals surface area contributed by atoms with E-state index in [0.717, 1.165) is 44.0 Å². The second-order valence-corrected chi connectivity index (χ2v) is 9.62. The second kappa shape index (κ2) is 9.41. The highest BCUT2D eigenvalue weighted by Crippen LogP contribution is 2.44. The molecule has 4 nitrogen and oxygen atoms in total. The minimum atomic E-state index is 0.00175. The third-order valence-electron chi connectivity index (χ3n) is 7.27. The van der Waals surface area contributed by atoms with Crippen molar-refractivity contribution < 1.29 is 4.79 Å². The Morgan fingerprint density at radius 1 is 1.00 bits per heavy atom. The number of nitrogens with zero attached hydrogens (tertiary/aromatic N) is 3. The van der Waals surface area contributed by atoms with E-state index in [1.807, 2.05) is 17.1 Å². The highest BCUT2D eigenvalue weighted by Gasteiger charge is 2.43. The Morgan fingerprint density at radius 2 is 1.69 bits per heavy atom. The normalized spacial score (nSPS) is 25.6. The lowest BCUT2D eigenvalue weighted by Crippen LogP contribution is -2.42. The molecule has 1 amide bonds. The molecular formula is C28H33N3O. The summed E-state index contributed by atoms with van der Waals surface area (Å²) in [4.78, 5) is 15.9. The molecule has 1 aliphatic carbocycles. The zero-order valence-corrected chi connectivity index (χ0v) is 19.0. The summed E-state index contributed by atoms with van der Waals surface area (Å²) in [5.74, 6) is 1.17. The summed E-state index contributed by atoms with van der Waals surface area (Å²) in [6.45, 7) is 4.80. The highest BCUT2D eigenvalue weighted by atomic mass is 16.2. The Hall–Kier alpha value is -2.72. The highest BCUT2D eigenvalue weighted by molar-refractivity contribution is 6.08. The van der Waals surface area contributed by atoms with Crippen molar-refractivity contribution in [3.05, 3.63) is 77.4 Å². The van der Waals surface area contributed by atoms with Crippen LogP contribution in [0.25, 0.3) is 6.08 Å². The summed E-state index contributed by atoms with van der Waals surface area (Å²) >= 11 is 0. The average Bonchev–Trinajstić information content (AvgIpc) is 3.23.